The summed E-state index contributed by atoms with van der Waals surface area (Å²) in [5.74, 6) is -0.0524. The fraction of sp³-hybridized carbons (Fsp3) is 0.500. The number of likely N-dealkylation sites (tertiary alicyclic amines) is 1. The largest absolute Gasteiger partial charge is 0.394 e. The minimum absolute atomic E-state index is 0.0187. The van der Waals surface area contributed by atoms with Gasteiger partial charge in [0.05, 0.1) is 18.4 Å². The highest BCUT2D eigenvalue weighted by Gasteiger charge is 2.36. The number of oxime groups is 1. The highest BCUT2D eigenvalue weighted by Crippen LogP contribution is 2.23. The van der Waals surface area contributed by atoms with Crippen LogP contribution in [0.15, 0.2) is 35.5 Å². The Kier molecular flexibility index (Phi) is 4.20. The van der Waals surface area contributed by atoms with Crippen molar-refractivity contribution in [3.05, 3.63) is 35.9 Å². The van der Waals surface area contributed by atoms with Crippen LogP contribution < -0.4 is 0 Å². The summed E-state index contributed by atoms with van der Waals surface area (Å²) < 4.78 is 0. The lowest BCUT2D eigenvalue weighted by molar-refractivity contribution is -0.146. The summed E-state index contributed by atoms with van der Waals surface area (Å²) in [4.78, 5) is 19.7. The van der Waals surface area contributed by atoms with E-state index in [0.29, 0.717) is 13.0 Å². The molecule has 0 spiro atoms. The fourth-order valence-corrected chi connectivity index (χ4v) is 2.98. The number of amides is 1. The zero-order valence-electron chi connectivity index (χ0n) is 11.9. The lowest BCUT2D eigenvalue weighted by Crippen LogP contribution is -2.49. The van der Waals surface area contributed by atoms with Crippen molar-refractivity contribution < 1.29 is 14.7 Å². The smallest absolute Gasteiger partial charge is 0.267 e. The molecule has 2 aliphatic heterocycles. The lowest BCUT2D eigenvalue weighted by Gasteiger charge is -2.35. The van der Waals surface area contributed by atoms with Crippen molar-refractivity contribution in [3.63, 3.8) is 0 Å². The number of hydrogen-bond donors (Lipinski definition) is 1. The minimum Gasteiger partial charge on any atom is -0.394 e. The SMILES string of the molecule is O=C(C1CC(c2ccccc2)=NO1)N1CCCCC1CO. The van der Waals surface area contributed by atoms with Gasteiger partial charge >= 0.3 is 0 Å². The van der Waals surface area contributed by atoms with E-state index < -0.39 is 6.10 Å². The first kappa shape index (κ1) is 14.1. The van der Waals surface area contributed by atoms with Gasteiger partial charge in [-0.25, -0.2) is 0 Å². The maximum absolute atomic E-state index is 12.6. The molecule has 1 N–H and O–H groups in total. The number of aliphatic hydroxyl groups excluding tert-OH is 1. The van der Waals surface area contributed by atoms with E-state index in [4.69, 9.17) is 4.84 Å². The average Bonchev–Trinajstić information content (AvgIpc) is 3.05. The molecule has 1 fully saturated rings. The number of rotatable bonds is 3. The quantitative estimate of drug-likeness (QED) is 0.918. The molecule has 5 nitrogen and oxygen atoms in total. The van der Waals surface area contributed by atoms with Gasteiger partial charge in [-0.15, -0.1) is 0 Å². The van der Waals surface area contributed by atoms with Crippen LogP contribution in [0, 0.1) is 0 Å². The van der Waals surface area contributed by atoms with Crippen molar-refractivity contribution in [2.24, 2.45) is 5.16 Å². The first-order chi connectivity index (χ1) is 10.3. The van der Waals surface area contributed by atoms with Crippen molar-refractivity contribution in [1.82, 2.24) is 4.90 Å². The van der Waals surface area contributed by atoms with Crippen LogP contribution in [-0.4, -0.2) is 46.9 Å². The molecule has 112 valence electrons. The van der Waals surface area contributed by atoms with E-state index in [1.54, 1.807) is 4.90 Å². The maximum atomic E-state index is 12.6. The summed E-state index contributed by atoms with van der Waals surface area (Å²) in [6.07, 6.45) is 2.86. The molecular weight excluding hydrogens is 268 g/mol. The van der Waals surface area contributed by atoms with Gasteiger partial charge in [0, 0.05) is 13.0 Å². The van der Waals surface area contributed by atoms with Crippen molar-refractivity contribution in [3.8, 4) is 0 Å². The van der Waals surface area contributed by atoms with E-state index in [-0.39, 0.29) is 18.6 Å². The van der Waals surface area contributed by atoms with Gasteiger partial charge in [-0.1, -0.05) is 35.5 Å². The topological polar surface area (TPSA) is 62.1 Å². The number of benzene rings is 1. The number of carbonyl (C=O) groups is 1. The Morgan fingerprint density at radius 1 is 1.33 bits per heavy atom. The molecule has 0 aliphatic carbocycles. The minimum atomic E-state index is -0.549. The molecule has 5 heteroatoms. The summed E-state index contributed by atoms with van der Waals surface area (Å²) in [5.41, 5.74) is 1.80. The molecule has 1 aromatic carbocycles. The molecule has 1 aromatic rings. The summed E-state index contributed by atoms with van der Waals surface area (Å²) >= 11 is 0. The van der Waals surface area contributed by atoms with Crippen LogP contribution in [0.3, 0.4) is 0 Å². The summed E-state index contributed by atoms with van der Waals surface area (Å²) in [6.45, 7) is 0.718. The molecule has 0 aromatic heterocycles. The second kappa shape index (κ2) is 6.26. The molecule has 0 saturated carbocycles. The van der Waals surface area contributed by atoms with Crippen LogP contribution in [0.25, 0.3) is 0 Å². The monoisotopic (exact) mass is 288 g/mol. The third-order valence-electron chi connectivity index (χ3n) is 4.17. The predicted molar refractivity (Wildman–Crippen MR) is 78.9 cm³/mol. The molecule has 2 unspecified atom stereocenters. The molecule has 0 bridgehead atoms. The predicted octanol–water partition coefficient (Wildman–Crippen LogP) is 1.55. The third-order valence-corrected chi connectivity index (χ3v) is 4.17. The fourth-order valence-electron chi connectivity index (χ4n) is 2.98. The van der Waals surface area contributed by atoms with Gasteiger partial charge in [0.1, 0.15) is 0 Å². The third kappa shape index (κ3) is 2.93. The van der Waals surface area contributed by atoms with Gasteiger partial charge in [-0.05, 0) is 24.8 Å². The molecule has 3 rings (SSSR count). The Bertz CT molecular complexity index is 530. The second-order valence-corrected chi connectivity index (χ2v) is 5.57. The van der Waals surface area contributed by atoms with Crippen molar-refractivity contribution in [2.75, 3.05) is 13.2 Å². The van der Waals surface area contributed by atoms with Crippen LogP contribution in [-0.2, 0) is 9.63 Å². The molecule has 2 aliphatic rings. The normalized spacial score (nSPS) is 25.4. The molecule has 2 atom stereocenters. The average molecular weight is 288 g/mol. The first-order valence-corrected chi connectivity index (χ1v) is 7.49. The van der Waals surface area contributed by atoms with E-state index in [9.17, 15) is 9.90 Å². The molecule has 21 heavy (non-hydrogen) atoms. The van der Waals surface area contributed by atoms with Gasteiger partial charge in [-0.2, -0.15) is 0 Å². The van der Waals surface area contributed by atoms with E-state index in [1.807, 2.05) is 30.3 Å². The summed E-state index contributed by atoms with van der Waals surface area (Å²) in [7, 11) is 0. The van der Waals surface area contributed by atoms with Crippen LogP contribution in [0.4, 0.5) is 0 Å². The van der Waals surface area contributed by atoms with Crippen LogP contribution in [0.2, 0.25) is 0 Å². The summed E-state index contributed by atoms with van der Waals surface area (Å²) in [5, 5.41) is 13.5. The van der Waals surface area contributed by atoms with Crippen LogP contribution >= 0.6 is 0 Å². The van der Waals surface area contributed by atoms with Gasteiger partial charge in [0.2, 0.25) is 6.10 Å². The first-order valence-electron chi connectivity index (χ1n) is 7.49. The Morgan fingerprint density at radius 3 is 2.90 bits per heavy atom. The van der Waals surface area contributed by atoms with Crippen molar-refractivity contribution >= 4 is 11.6 Å². The van der Waals surface area contributed by atoms with E-state index >= 15 is 0 Å². The Hall–Kier alpha value is -1.88. The number of piperidine rings is 1. The van der Waals surface area contributed by atoms with E-state index in [1.165, 1.54) is 0 Å². The van der Waals surface area contributed by atoms with Crippen molar-refractivity contribution in [2.45, 2.75) is 37.8 Å². The molecule has 0 radical (unpaired) electrons. The van der Waals surface area contributed by atoms with Crippen LogP contribution in [0.1, 0.15) is 31.2 Å². The maximum Gasteiger partial charge on any atom is 0.267 e. The Labute approximate surface area is 124 Å². The molecule has 1 saturated heterocycles. The second-order valence-electron chi connectivity index (χ2n) is 5.57. The number of carbonyl (C=O) groups excluding carboxylic acids is 1. The number of nitrogens with zero attached hydrogens (tertiary/aromatic N) is 2. The van der Waals surface area contributed by atoms with E-state index in [2.05, 4.69) is 5.16 Å². The Morgan fingerprint density at radius 2 is 2.14 bits per heavy atom. The molecule has 2 heterocycles. The molecule has 1 amide bonds. The highest BCUT2D eigenvalue weighted by molar-refractivity contribution is 6.04. The standard InChI is InChI=1S/C16H20N2O3/c19-11-13-8-4-5-9-18(13)16(20)15-10-14(17-21-15)12-6-2-1-3-7-12/h1-3,6-7,13,15,19H,4-5,8-11H2. The number of aliphatic hydroxyl groups is 1. The van der Waals surface area contributed by atoms with Gasteiger partial charge in [0.15, 0.2) is 0 Å². The van der Waals surface area contributed by atoms with Crippen LogP contribution in [0.5, 0.6) is 0 Å². The van der Waals surface area contributed by atoms with E-state index in [0.717, 1.165) is 30.5 Å². The Balaban J connectivity index is 1.65. The highest BCUT2D eigenvalue weighted by atomic mass is 16.6. The zero-order valence-corrected chi connectivity index (χ0v) is 11.9. The molecular formula is C16H20N2O3. The lowest BCUT2D eigenvalue weighted by atomic mass is 10.00. The van der Waals surface area contributed by atoms with Gasteiger partial charge < -0.3 is 14.8 Å². The van der Waals surface area contributed by atoms with Gasteiger partial charge in [0.25, 0.3) is 5.91 Å². The van der Waals surface area contributed by atoms with Crippen molar-refractivity contribution in [1.29, 1.82) is 0 Å². The zero-order chi connectivity index (χ0) is 14.7. The number of hydrogen-bond acceptors (Lipinski definition) is 4. The summed E-state index contributed by atoms with van der Waals surface area (Å²) in [6, 6.07) is 9.69. The van der Waals surface area contributed by atoms with Gasteiger partial charge in [-0.3, -0.25) is 4.79 Å².